The predicted octanol–water partition coefficient (Wildman–Crippen LogP) is 4.87. The average Bonchev–Trinajstić information content (AvgIpc) is 3.50. The summed E-state index contributed by atoms with van der Waals surface area (Å²) in [6.07, 6.45) is 4.65. The molecule has 3 aromatic heterocycles. The van der Waals surface area contributed by atoms with Gasteiger partial charge in [0.25, 0.3) is 5.56 Å². The number of rotatable bonds is 6. The van der Waals surface area contributed by atoms with Crippen LogP contribution in [0.4, 0.5) is 0 Å². The van der Waals surface area contributed by atoms with Crippen LogP contribution in [0.1, 0.15) is 23.9 Å². The molecule has 0 saturated heterocycles. The first-order valence-corrected chi connectivity index (χ1v) is 13.4. The van der Waals surface area contributed by atoms with Gasteiger partial charge in [0.15, 0.2) is 9.84 Å². The number of sulfone groups is 1. The second-order valence-corrected chi connectivity index (χ2v) is 11.2. The van der Waals surface area contributed by atoms with Crippen LogP contribution in [-0.2, 0) is 16.9 Å². The van der Waals surface area contributed by atoms with Crippen LogP contribution in [-0.4, -0.2) is 33.3 Å². The molecule has 190 valence electrons. The minimum atomic E-state index is -3.49. The van der Waals surface area contributed by atoms with Gasteiger partial charge in [-0.15, -0.1) is 0 Å². The Morgan fingerprint density at radius 1 is 1.05 bits per heavy atom. The number of aromatic nitrogens is 4. The van der Waals surface area contributed by atoms with Crippen LogP contribution < -0.4 is 10.3 Å². The van der Waals surface area contributed by atoms with E-state index in [0.717, 1.165) is 22.4 Å². The van der Waals surface area contributed by atoms with Gasteiger partial charge in [0.1, 0.15) is 22.8 Å². The van der Waals surface area contributed by atoms with Crippen LogP contribution in [0, 0.1) is 20.8 Å². The van der Waals surface area contributed by atoms with Gasteiger partial charge in [-0.1, -0.05) is 18.1 Å². The van der Waals surface area contributed by atoms with Crippen molar-refractivity contribution in [1.82, 2.24) is 19.1 Å². The molecule has 5 aromatic rings. The van der Waals surface area contributed by atoms with Crippen molar-refractivity contribution in [2.45, 2.75) is 32.6 Å². The van der Waals surface area contributed by atoms with E-state index in [2.05, 4.69) is 10.1 Å². The van der Waals surface area contributed by atoms with Crippen molar-refractivity contribution in [2.75, 3.05) is 5.75 Å². The SMILES string of the molecule is CCS(=O)(=O)c1ccc(Oc2ccc(C)c(-c3c(C)noc3C)c2)c(-c2cn(C)c(=O)c3cncn23)c1. The Bertz CT molecular complexity index is 1810. The van der Waals surface area contributed by atoms with E-state index in [0.29, 0.717) is 34.0 Å². The summed E-state index contributed by atoms with van der Waals surface area (Å²) in [7, 11) is -1.85. The Labute approximate surface area is 213 Å². The zero-order chi connectivity index (χ0) is 26.5. The molecule has 0 amide bonds. The van der Waals surface area contributed by atoms with Gasteiger partial charge in [-0.05, 0) is 62.2 Å². The maximum absolute atomic E-state index is 12.7. The minimum Gasteiger partial charge on any atom is -0.457 e. The van der Waals surface area contributed by atoms with Crippen LogP contribution in [0.3, 0.4) is 0 Å². The normalized spacial score (nSPS) is 11.8. The Balaban J connectivity index is 1.70. The number of ether oxygens (including phenoxy) is 1. The highest BCUT2D eigenvalue weighted by atomic mass is 32.2. The van der Waals surface area contributed by atoms with Crippen LogP contribution in [0.2, 0.25) is 0 Å². The number of hydrogen-bond acceptors (Lipinski definition) is 7. The van der Waals surface area contributed by atoms with Crippen molar-refractivity contribution in [2.24, 2.45) is 7.05 Å². The highest BCUT2D eigenvalue weighted by Crippen LogP contribution is 2.38. The van der Waals surface area contributed by atoms with Gasteiger partial charge in [-0.2, -0.15) is 0 Å². The lowest BCUT2D eigenvalue weighted by molar-refractivity contribution is 0.393. The summed E-state index contributed by atoms with van der Waals surface area (Å²) >= 11 is 0. The van der Waals surface area contributed by atoms with E-state index in [4.69, 9.17) is 9.26 Å². The summed E-state index contributed by atoms with van der Waals surface area (Å²) in [6.45, 7) is 7.35. The summed E-state index contributed by atoms with van der Waals surface area (Å²) in [6, 6.07) is 10.5. The molecule has 0 radical (unpaired) electrons. The lowest BCUT2D eigenvalue weighted by Crippen LogP contribution is -2.19. The van der Waals surface area contributed by atoms with Gasteiger partial charge < -0.3 is 13.8 Å². The Morgan fingerprint density at radius 2 is 1.84 bits per heavy atom. The highest BCUT2D eigenvalue weighted by Gasteiger charge is 2.20. The average molecular weight is 519 g/mol. The molecule has 2 aromatic carbocycles. The van der Waals surface area contributed by atoms with E-state index in [1.807, 2.05) is 39.0 Å². The van der Waals surface area contributed by atoms with Gasteiger partial charge in [0.05, 0.1) is 34.6 Å². The molecule has 0 atom stereocenters. The molecule has 0 spiro atoms. The molecule has 0 N–H and O–H groups in total. The fraction of sp³-hybridized carbons (Fsp3) is 0.222. The first kappa shape index (κ1) is 24.5. The molecular formula is C27H26N4O5S. The van der Waals surface area contributed by atoms with Crippen molar-refractivity contribution >= 4 is 15.4 Å². The Morgan fingerprint density at radius 3 is 2.54 bits per heavy atom. The van der Waals surface area contributed by atoms with E-state index >= 15 is 0 Å². The fourth-order valence-electron chi connectivity index (χ4n) is 4.42. The van der Waals surface area contributed by atoms with Crippen molar-refractivity contribution in [3.05, 3.63) is 82.5 Å². The lowest BCUT2D eigenvalue weighted by atomic mass is 9.99. The second-order valence-electron chi connectivity index (χ2n) is 8.92. The lowest BCUT2D eigenvalue weighted by Gasteiger charge is -2.16. The van der Waals surface area contributed by atoms with Crippen LogP contribution >= 0.6 is 0 Å². The molecule has 3 heterocycles. The maximum atomic E-state index is 12.7. The fourth-order valence-corrected chi connectivity index (χ4v) is 5.32. The molecule has 0 aliphatic carbocycles. The van der Waals surface area contributed by atoms with E-state index < -0.39 is 9.84 Å². The zero-order valence-electron chi connectivity index (χ0n) is 21.1. The van der Waals surface area contributed by atoms with Crippen molar-refractivity contribution in [3.63, 3.8) is 0 Å². The third-order valence-corrected chi connectivity index (χ3v) is 8.19. The summed E-state index contributed by atoms with van der Waals surface area (Å²) in [4.78, 5) is 16.9. The molecular weight excluding hydrogens is 492 g/mol. The molecule has 0 unspecified atom stereocenters. The summed E-state index contributed by atoms with van der Waals surface area (Å²) in [5, 5.41) is 4.07. The second kappa shape index (κ2) is 9.04. The Hall–Kier alpha value is -4.18. The Kier molecular flexibility index (Phi) is 5.99. The van der Waals surface area contributed by atoms with Gasteiger partial charge in [0, 0.05) is 24.4 Å². The molecule has 0 bridgehead atoms. The predicted molar refractivity (Wildman–Crippen MR) is 140 cm³/mol. The summed E-state index contributed by atoms with van der Waals surface area (Å²) < 4.78 is 40.3. The van der Waals surface area contributed by atoms with E-state index in [9.17, 15) is 13.2 Å². The van der Waals surface area contributed by atoms with E-state index in [-0.39, 0.29) is 16.2 Å². The molecule has 0 aliphatic heterocycles. The molecule has 9 nitrogen and oxygen atoms in total. The standard InChI is InChI=1S/C27H26N4O5S/c1-6-37(33,34)20-9-10-25(22(12-20)24-14-30(5)27(32)23-13-28-15-31(23)24)35-19-8-7-16(2)21(11-19)26-17(3)29-36-18(26)4/h7-15H,6H2,1-5H3. The highest BCUT2D eigenvalue weighted by molar-refractivity contribution is 7.91. The van der Waals surface area contributed by atoms with Crippen LogP contribution in [0.25, 0.3) is 27.9 Å². The maximum Gasteiger partial charge on any atom is 0.276 e. The molecule has 5 rings (SSSR count). The molecule has 0 saturated carbocycles. The first-order chi connectivity index (χ1) is 17.6. The monoisotopic (exact) mass is 518 g/mol. The van der Waals surface area contributed by atoms with Crippen molar-refractivity contribution < 1.29 is 17.7 Å². The van der Waals surface area contributed by atoms with E-state index in [1.165, 1.54) is 23.2 Å². The number of fused-ring (bicyclic) bond motifs is 1. The van der Waals surface area contributed by atoms with Crippen molar-refractivity contribution in [3.8, 4) is 33.9 Å². The molecule has 37 heavy (non-hydrogen) atoms. The molecule has 10 heteroatoms. The minimum absolute atomic E-state index is 0.0425. The third kappa shape index (κ3) is 4.23. The quantitative estimate of drug-likeness (QED) is 0.316. The topological polar surface area (TPSA) is 109 Å². The number of imidazole rings is 1. The van der Waals surface area contributed by atoms with Crippen LogP contribution in [0.5, 0.6) is 11.5 Å². The van der Waals surface area contributed by atoms with Gasteiger partial charge >= 0.3 is 0 Å². The third-order valence-electron chi connectivity index (χ3n) is 6.46. The van der Waals surface area contributed by atoms with Gasteiger partial charge in [0.2, 0.25) is 0 Å². The number of benzene rings is 2. The number of nitrogens with zero attached hydrogens (tertiary/aromatic N) is 4. The number of aryl methyl sites for hydroxylation is 4. The summed E-state index contributed by atoms with van der Waals surface area (Å²) in [5.74, 6) is 1.65. The smallest absolute Gasteiger partial charge is 0.276 e. The van der Waals surface area contributed by atoms with Crippen molar-refractivity contribution in [1.29, 1.82) is 0 Å². The molecule has 0 aliphatic rings. The molecule has 0 fully saturated rings. The van der Waals surface area contributed by atoms with Gasteiger partial charge in [-0.25, -0.2) is 13.4 Å². The largest absolute Gasteiger partial charge is 0.457 e. The van der Waals surface area contributed by atoms with Gasteiger partial charge in [-0.3, -0.25) is 9.20 Å². The van der Waals surface area contributed by atoms with E-state index in [1.54, 1.807) is 36.7 Å². The van der Waals surface area contributed by atoms with Crippen LogP contribution in [0.15, 0.2) is 69.3 Å². The zero-order valence-corrected chi connectivity index (χ0v) is 22.0. The summed E-state index contributed by atoms with van der Waals surface area (Å²) in [5.41, 5.74) is 4.87. The first-order valence-electron chi connectivity index (χ1n) is 11.7. The number of hydrogen-bond donors (Lipinski definition) is 0.